The van der Waals surface area contributed by atoms with Crippen LogP contribution in [0.4, 0.5) is 0 Å². The summed E-state index contributed by atoms with van der Waals surface area (Å²) in [6.07, 6.45) is 11.6. The molecule has 0 atom stereocenters. The highest BCUT2D eigenvalue weighted by molar-refractivity contribution is 6.70. The third kappa shape index (κ3) is 5.48. The summed E-state index contributed by atoms with van der Waals surface area (Å²) in [4.78, 5) is 0. The van der Waals surface area contributed by atoms with E-state index >= 15 is 0 Å². The molecule has 0 aromatic carbocycles. The van der Waals surface area contributed by atoms with Crippen molar-refractivity contribution in [1.29, 1.82) is 0 Å². The molecule has 1 rings (SSSR count). The molecule has 0 aliphatic heterocycles. The maximum atomic E-state index is 6.07. The van der Waals surface area contributed by atoms with Gasteiger partial charge in [-0.25, -0.2) is 0 Å². The second kappa shape index (κ2) is 5.59. The molecule has 14 heavy (non-hydrogen) atoms. The van der Waals surface area contributed by atoms with Gasteiger partial charge in [0.15, 0.2) is 0 Å². The zero-order chi connectivity index (χ0) is 10.4. The lowest BCUT2D eigenvalue weighted by Gasteiger charge is -2.21. The van der Waals surface area contributed by atoms with Gasteiger partial charge in [-0.15, -0.1) is 0 Å². The first kappa shape index (κ1) is 11.8. The lowest BCUT2D eigenvalue weighted by atomic mass is 10.1. The van der Waals surface area contributed by atoms with Gasteiger partial charge >= 0.3 is 0 Å². The van der Waals surface area contributed by atoms with E-state index in [2.05, 4.69) is 25.7 Å². The van der Waals surface area contributed by atoms with E-state index < -0.39 is 8.32 Å². The van der Waals surface area contributed by atoms with Crippen molar-refractivity contribution >= 4 is 8.32 Å². The first-order chi connectivity index (χ1) is 6.58. The average Bonchev–Trinajstić information content (AvgIpc) is 2.15. The van der Waals surface area contributed by atoms with Crippen molar-refractivity contribution in [2.45, 2.75) is 64.6 Å². The van der Waals surface area contributed by atoms with Gasteiger partial charge in [0.1, 0.15) is 0 Å². The van der Waals surface area contributed by atoms with Gasteiger partial charge < -0.3 is 4.43 Å². The lowest BCUT2D eigenvalue weighted by molar-refractivity contribution is 0.391. The van der Waals surface area contributed by atoms with Crippen molar-refractivity contribution in [2.24, 2.45) is 0 Å². The molecule has 2 heteroatoms. The predicted molar refractivity (Wildman–Crippen MR) is 64.8 cm³/mol. The SMILES string of the molecule is C[Si](C)(C)O/C1=C/CCCCCCC1. The highest BCUT2D eigenvalue weighted by atomic mass is 28.4. The predicted octanol–water partition coefficient (Wildman–Crippen LogP) is 4.47. The van der Waals surface area contributed by atoms with E-state index in [0.717, 1.165) is 0 Å². The summed E-state index contributed by atoms with van der Waals surface area (Å²) < 4.78 is 6.07. The molecule has 0 aromatic rings. The van der Waals surface area contributed by atoms with Crippen LogP contribution in [0.1, 0.15) is 44.9 Å². The molecule has 1 nitrogen and oxygen atoms in total. The Morgan fingerprint density at radius 1 is 1.00 bits per heavy atom. The normalized spacial score (nSPS) is 24.1. The van der Waals surface area contributed by atoms with Crippen LogP contribution in [0, 0.1) is 0 Å². The molecule has 0 aromatic heterocycles. The van der Waals surface area contributed by atoms with Gasteiger partial charge in [-0.2, -0.15) is 0 Å². The van der Waals surface area contributed by atoms with E-state index in [4.69, 9.17) is 4.43 Å². The van der Waals surface area contributed by atoms with Crippen molar-refractivity contribution in [3.63, 3.8) is 0 Å². The Morgan fingerprint density at radius 3 is 2.36 bits per heavy atom. The van der Waals surface area contributed by atoms with E-state index in [1.807, 2.05) is 0 Å². The van der Waals surface area contributed by atoms with Crippen molar-refractivity contribution in [2.75, 3.05) is 0 Å². The molecule has 1 aliphatic carbocycles. The van der Waals surface area contributed by atoms with Crippen LogP contribution in [0.15, 0.2) is 11.8 Å². The van der Waals surface area contributed by atoms with Crippen LogP contribution in [0.5, 0.6) is 0 Å². The number of hydrogen-bond acceptors (Lipinski definition) is 1. The summed E-state index contributed by atoms with van der Waals surface area (Å²) in [5.41, 5.74) is 0. The summed E-state index contributed by atoms with van der Waals surface area (Å²) in [5, 5.41) is 0. The van der Waals surface area contributed by atoms with Crippen LogP contribution in [0.2, 0.25) is 19.6 Å². The molecular weight excluding hydrogens is 188 g/mol. The van der Waals surface area contributed by atoms with E-state index in [-0.39, 0.29) is 0 Å². The zero-order valence-electron chi connectivity index (χ0n) is 9.94. The molecular formula is C12H24OSi. The second-order valence-electron chi connectivity index (χ2n) is 5.19. The van der Waals surface area contributed by atoms with Gasteiger partial charge in [-0.05, 0) is 45.0 Å². The molecule has 0 saturated heterocycles. The maximum Gasteiger partial charge on any atom is 0.241 e. The summed E-state index contributed by atoms with van der Waals surface area (Å²) >= 11 is 0. The third-order valence-corrected chi connectivity index (χ3v) is 3.31. The topological polar surface area (TPSA) is 9.23 Å². The van der Waals surface area contributed by atoms with Crippen LogP contribution in [-0.2, 0) is 4.43 Å². The van der Waals surface area contributed by atoms with Gasteiger partial charge in [0.2, 0.25) is 8.32 Å². The molecule has 0 heterocycles. The Morgan fingerprint density at radius 2 is 1.64 bits per heavy atom. The van der Waals surface area contributed by atoms with E-state index in [0.29, 0.717) is 0 Å². The summed E-state index contributed by atoms with van der Waals surface area (Å²) in [5.74, 6) is 1.28. The molecule has 0 unspecified atom stereocenters. The third-order valence-electron chi connectivity index (χ3n) is 2.44. The highest BCUT2D eigenvalue weighted by Gasteiger charge is 2.17. The van der Waals surface area contributed by atoms with Gasteiger partial charge in [0.25, 0.3) is 0 Å². The van der Waals surface area contributed by atoms with Crippen LogP contribution in [-0.4, -0.2) is 8.32 Å². The minimum absolute atomic E-state index is 1.17. The van der Waals surface area contributed by atoms with Crippen molar-refractivity contribution in [3.05, 3.63) is 11.8 Å². The molecule has 0 bridgehead atoms. The quantitative estimate of drug-likeness (QED) is 0.614. The minimum Gasteiger partial charge on any atom is -0.548 e. The Labute approximate surface area is 89.7 Å². The van der Waals surface area contributed by atoms with E-state index in [1.165, 1.54) is 50.7 Å². The van der Waals surface area contributed by atoms with Gasteiger partial charge in [0, 0.05) is 6.42 Å². The van der Waals surface area contributed by atoms with Crippen molar-refractivity contribution in [3.8, 4) is 0 Å². The molecule has 0 spiro atoms. The van der Waals surface area contributed by atoms with Crippen molar-refractivity contribution in [1.82, 2.24) is 0 Å². The number of allylic oxidation sites excluding steroid dienone is 2. The fraction of sp³-hybridized carbons (Fsp3) is 0.833. The Hall–Kier alpha value is -0.243. The summed E-state index contributed by atoms with van der Waals surface area (Å²) in [6.45, 7) is 6.79. The van der Waals surface area contributed by atoms with Crippen LogP contribution >= 0.6 is 0 Å². The Balaban J connectivity index is 2.46. The van der Waals surface area contributed by atoms with E-state index in [9.17, 15) is 0 Å². The number of hydrogen-bond donors (Lipinski definition) is 0. The summed E-state index contributed by atoms with van der Waals surface area (Å²) in [6, 6.07) is 0. The van der Waals surface area contributed by atoms with Gasteiger partial charge in [0.05, 0.1) is 5.76 Å². The largest absolute Gasteiger partial charge is 0.548 e. The van der Waals surface area contributed by atoms with Gasteiger partial charge in [-0.1, -0.05) is 19.3 Å². The molecule has 0 fully saturated rings. The molecule has 0 N–H and O–H groups in total. The average molecular weight is 212 g/mol. The number of rotatable bonds is 2. The summed E-state index contributed by atoms with van der Waals surface area (Å²) in [7, 11) is -1.37. The van der Waals surface area contributed by atoms with Crippen LogP contribution < -0.4 is 0 Å². The molecule has 0 radical (unpaired) electrons. The Kier molecular flexibility index (Phi) is 4.73. The monoisotopic (exact) mass is 212 g/mol. The smallest absolute Gasteiger partial charge is 0.241 e. The fourth-order valence-corrected chi connectivity index (χ4v) is 2.80. The highest BCUT2D eigenvalue weighted by Crippen LogP contribution is 2.20. The molecule has 82 valence electrons. The first-order valence-electron chi connectivity index (χ1n) is 5.96. The Bertz CT molecular complexity index is 191. The minimum atomic E-state index is -1.37. The molecule has 1 aliphatic rings. The van der Waals surface area contributed by atoms with Crippen LogP contribution in [0.25, 0.3) is 0 Å². The first-order valence-corrected chi connectivity index (χ1v) is 9.37. The lowest BCUT2D eigenvalue weighted by Crippen LogP contribution is -2.24. The standard InChI is InChI=1S/C12H24OSi/c1-14(2,3)13-12-10-8-6-4-5-7-9-11-12/h10H,4-9,11H2,1-3H3/b12-10+. The maximum absolute atomic E-state index is 6.07. The van der Waals surface area contributed by atoms with E-state index in [1.54, 1.807) is 0 Å². The molecule has 0 amide bonds. The fourth-order valence-electron chi connectivity index (χ4n) is 1.82. The second-order valence-corrected chi connectivity index (χ2v) is 9.62. The van der Waals surface area contributed by atoms with Crippen LogP contribution in [0.3, 0.4) is 0 Å². The van der Waals surface area contributed by atoms with Gasteiger partial charge in [-0.3, -0.25) is 0 Å². The molecule has 0 saturated carbocycles. The van der Waals surface area contributed by atoms with Crippen molar-refractivity contribution < 1.29 is 4.43 Å². The zero-order valence-corrected chi connectivity index (χ0v) is 10.9.